The Bertz CT molecular complexity index is 5310. The van der Waals surface area contributed by atoms with Gasteiger partial charge in [-0.05, 0) is 149 Å². The van der Waals surface area contributed by atoms with Gasteiger partial charge in [0.25, 0.3) is 0 Å². The number of aliphatic hydroxyl groups excluding tert-OH is 2. The third-order valence-electron chi connectivity index (χ3n) is 19.8. The second-order valence-corrected chi connectivity index (χ2v) is 28.1. The number of hydrogen-bond donors (Lipinski definition) is 5. The Labute approximate surface area is 629 Å². The van der Waals surface area contributed by atoms with Gasteiger partial charge < -0.3 is 35.0 Å². The molecule has 6 aliphatic heterocycles. The third kappa shape index (κ3) is 15.3. The number of rotatable bonds is 13. The molecule has 17 heterocycles. The average molecular weight is 1500 g/mol. The molecule has 0 spiro atoms. The fourth-order valence-corrected chi connectivity index (χ4v) is 15.1. The van der Waals surface area contributed by atoms with E-state index in [4.69, 9.17) is 31.4 Å². The van der Waals surface area contributed by atoms with E-state index < -0.39 is 31.5 Å². The Kier molecular flexibility index (Phi) is 19.9. The summed E-state index contributed by atoms with van der Waals surface area (Å²) in [6.07, 6.45) is 13.6. The molecule has 6 bridgehead atoms. The quantitative estimate of drug-likeness (QED) is 0.0716. The lowest BCUT2D eigenvalue weighted by Gasteiger charge is -2.36. The van der Waals surface area contributed by atoms with Crippen LogP contribution < -0.4 is 50.1 Å². The molecule has 29 nitrogen and oxygen atoms in total. The monoisotopic (exact) mass is 1500 g/mol. The summed E-state index contributed by atoms with van der Waals surface area (Å²) < 4.78 is 48.0. The van der Waals surface area contributed by atoms with Crippen molar-refractivity contribution in [2.24, 2.45) is 14.1 Å². The van der Waals surface area contributed by atoms with Crippen LogP contribution >= 0.6 is 11.6 Å². The van der Waals surface area contributed by atoms with E-state index >= 15 is 0 Å². The zero-order chi connectivity index (χ0) is 76.1. The second-order valence-electron chi connectivity index (χ2n) is 27.7. The number of ether oxygens (including phenoxy) is 1. The second kappa shape index (κ2) is 29.9. The van der Waals surface area contributed by atoms with Crippen molar-refractivity contribution < 1.29 is 42.5 Å². The summed E-state index contributed by atoms with van der Waals surface area (Å²) in [5.41, 5.74) is 16.1. The lowest BCUT2D eigenvalue weighted by Crippen LogP contribution is -2.48. The van der Waals surface area contributed by atoms with Crippen LogP contribution in [0.2, 0.25) is 5.02 Å². The van der Waals surface area contributed by atoms with E-state index in [9.17, 15) is 32.7 Å². The summed E-state index contributed by atoms with van der Waals surface area (Å²) in [6, 6.07) is 23.5. The SMILES string of the molecule is Cc1cc(-c2cc(C)c3c(n2)N(C(=O)Nc2cc(-c4cn(C)nc4C)ccn2)[C@H]2CCN3C2)ccn1.Cc1cc(-c2cc(C)c3c(n2)N(C(=O)Nc2cc(-c4cnn(C)c4)ccn2)[C@H]2CCN3C2)ccn1.O=C(Nc1ccnc(OC[C@H](O)CO)c1)N1c2nc(-c3cnn(CC(F)(F)F)c3)c(Cl)cc2N2CC[C@H]1C2. The smallest absolute Gasteiger partial charge is 0.408 e. The summed E-state index contributed by atoms with van der Waals surface area (Å²) >= 11 is 6.49. The number of pyridine rings is 8. The van der Waals surface area contributed by atoms with Crippen LogP contribution in [0.4, 0.5) is 79.4 Å². The van der Waals surface area contributed by atoms with Crippen LogP contribution in [0.5, 0.6) is 5.88 Å². The van der Waals surface area contributed by atoms with Crippen molar-refractivity contribution in [3.63, 3.8) is 0 Å². The predicted molar refractivity (Wildman–Crippen MR) is 407 cm³/mol. The molecular weight excluding hydrogens is 1420 g/mol. The number of aryl methyl sites for hydroxylation is 7. The summed E-state index contributed by atoms with van der Waals surface area (Å²) in [4.78, 5) is 88.9. The topological polar surface area (TPSA) is 313 Å². The van der Waals surface area contributed by atoms with E-state index in [1.165, 1.54) is 29.6 Å². The number of anilines is 9. The molecule has 33 heteroatoms. The maximum Gasteiger partial charge on any atom is 0.408 e. The minimum absolute atomic E-state index is 0.0579. The molecule has 0 unspecified atom stereocenters. The number of hydrogen-bond acceptors (Lipinski definition) is 20. The highest BCUT2D eigenvalue weighted by Gasteiger charge is 2.45. The number of carbonyl (C=O) groups excluding carboxylic acids is 3. The largest absolute Gasteiger partial charge is 0.475 e. The molecule has 17 rings (SSSR count). The first-order valence-corrected chi connectivity index (χ1v) is 35.9. The molecule has 0 radical (unpaired) electrons. The highest BCUT2D eigenvalue weighted by atomic mass is 35.5. The van der Waals surface area contributed by atoms with E-state index in [1.807, 2.05) is 106 Å². The van der Waals surface area contributed by atoms with Crippen LogP contribution in [0.25, 0.3) is 56.0 Å². The first-order valence-electron chi connectivity index (χ1n) is 35.5. The zero-order valence-corrected chi connectivity index (χ0v) is 61.3. The van der Waals surface area contributed by atoms with Gasteiger partial charge in [0.1, 0.15) is 30.9 Å². The molecule has 6 aliphatic rings. The highest BCUT2D eigenvalue weighted by molar-refractivity contribution is 6.33. The number of aliphatic hydroxyl groups is 2. The minimum Gasteiger partial charge on any atom is -0.475 e. The molecular formula is C76H77ClF3N23O6. The molecule has 0 aromatic carbocycles. The number of alkyl halides is 3. The van der Waals surface area contributed by atoms with Gasteiger partial charge in [0, 0.05) is 154 Å². The Morgan fingerprint density at radius 1 is 0.578 bits per heavy atom. The Morgan fingerprint density at radius 2 is 1.11 bits per heavy atom. The van der Waals surface area contributed by atoms with Gasteiger partial charge in [-0.3, -0.25) is 49.3 Å². The molecule has 109 heavy (non-hydrogen) atoms. The van der Waals surface area contributed by atoms with Crippen LogP contribution in [0.15, 0.2) is 141 Å². The summed E-state index contributed by atoms with van der Waals surface area (Å²) in [7, 11) is 3.78. The first kappa shape index (κ1) is 72.4. The molecule has 11 aromatic heterocycles. The first-order chi connectivity index (χ1) is 52.4. The fraction of sp³-hybridized carbons (Fsp3) is 0.316. The number of urea groups is 3. The van der Waals surface area contributed by atoms with Crippen LogP contribution in [0.1, 0.15) is 47.5 Å². The Hall–Kier alpha value is -12.2. The van der Waals surface area contributed by atoms with Crippen molar-refractivity contribution in [3.05, 3.63) is 174 Å². The zero-order valence-electron chi connectivity index (χ0n) is 60.6. The molecule has 3 fully saturated rings. The minimum atomic E-state index is -4.44. The molecule has 11 aromatic rings. The van der Waals surface area contributed by atoms with E-state index in [2.05, 4.69) is 102 Å². The normalized spacial score (nSPS) is 16.7. The van der Waals surface area contributed by atoms with E-state index in [-0.39, 0.29) is 59.0 Å². The molecule has 560 valence electrons. The van der Waals surface area contributed by atoms with Gasteiger partial charge in [0.05, 0.1) is 82.0 Å². The number of fused-ring (bicyclic) bond motifs is 12. The third-order valence-corrected chi connectivity index (χ3v) is 20.1. The number of halogens is 4. The van der Waals surface area contributed by atoms with Gasteiger partial charge in [-0.25, -0.2) is 44.3 Å². The molecule has 5 N–H and O–H groups in total. The van der Waals surface area contributed by atoms with Crippen molar-refractivity contribution in [2.45, 2.75) is 90.8 Å². The Balaban J connectivity index is 0.000000130. The van der Waals surface area contributed by atoms with Crippen LogP contribution in [0.3, 0.4) is 0 Å². The van der Waals surface area contributed by atoms with E-state index in [0.29, 0.717) is 60.0 Å². The summed E-state index contributed by atoms with van der Waals surface area (Å²) in [5.74, 6) is 2.87. The predicted octanol–water partition coefficient (Wildman–Crippen LogP) is 11.6. The summed E-state index contributed by atoms with van der Waals surface area (Å²) in [6.45, 7) is 12.9. The van der Waals surface area contributed by atoms with Crippen molar-refractivity contribution in [2.75, 3.05) is 97.8 Å². The Morgan fingerprint density at radius 3 is 1.67 bits per heavy atom. The van der Waals surface area contributed by atoms with Crippen LogP contribution in [-0.4, -0.2) is 180 Å². The summed E-state index contributed by atoms with van der Waals surface area (Å²) in [5, 5.41) is 39.9. The van der Waals surface area contributed by atoms with Gasteiger partial charge in [-0.2, -0.15) is 28.5 Å². The van der Waals surface area contributed by atoms with E-state index in [1.54, 1.807) is 52.5 Å². The molecule has 6 amide bonds. The molecule has 3 saturated heterocycles. The van der Waals surface area contributed by atoms with Gasteiger partial charge >= 0.3 is 24.3 Å². The van der Waals surface area contributed by atoms with Crippen LogP contribution in [-0.2, 0) is 20.6 Å². The van der Waals surface area contributed by atoms with Gasteiger partial charge in [0.2, 0.25) is 5.88 Å². The number of aromatic nitrogens is 14. The van der Waals surface area contributed by atoms with Gasteiger partial charge in [-0.15, -0.1) is 0 Å². The van der Waals surface area contributed by atoms with Crippen molar-refractivity contribution in [3.8, 4) is 61.9 Å². The maximum absolute atomic E-state index is 13.7. The maximum atomic E-state index is 13.7. The van der Waals surface area contributed by atoms with Crippen molar-refractivity contribution in [1.82, 2.24) is 69.2 Å². The van der Waals surface area contributed by atoms with Gasteiger partial charge in [0.15, 0.2) is 17.5 Å². The highest BCUT2D eigenvalue weighted by Crippen LogP contribution is 2.47. The molecule has 4 atom stereocenters. The van der Waals surface area contributed by atoms with Gasteiger partial charge in [-0.1, -0.05) is 11.6 Å². The molecule has 0 saturated carbocycles. The lowest BCUT2D eigenvalue weighted by molar-refractivity contribution is -0.142. The average Bonchev–Trinajstić information content (AvgIpc) is 1.70. The lowest BCUT2D eigenvalue weighted by atomic mass is 10.1. The van der Waals surface area contributed by atoms with E-state index in [0.717, 1.165) is 128 Å². The number of amides is 6. The number of nitrogens with zero attached hydrogens (tertiary/aromatic N) is 20. The number of carbonyl (C=O) groups is 3. The number of nitrogens with one attached hydrogen (secondary N) is 3. The van der Waals surface area contributed by atoms with Crippen molar-refractivity contribution >= 4 is 81.5 Å². The van der Waals surface area contributed by atoms with Crippen LogP contribution in [0, 0.1) is 34.6 Å². The standard InChI is InChI=1S/C27H28N8O.C26H26N8O.C23H23ClF3N7O4/c1-16-11-23(20-6-8-28-17(2)12-20)30-26-25(16)34-10-7-21(14-34)35(26)27(36)31-24-13-19(5-9-29-24)22-15-33(4)32-18(22)3;1-16-10-22(19-5-7-27-17(2)11-19)30-25-24(16)33-9-6-21(15-33)34(25)26(35)31-23-12-18(4-8-28-23)20-13-29-32(3)14-20;24-17-6-18-21(31-20(17)13-7-29-33(8-13)12-23(25,26)27)34(15-2-4-32(18)9-15)22(37)30-14-1-3-28-19(5-14)38-11-16(36)10-35/h5-6,8-9,11-13,15,21H,7,10,14H2,1-4H3,(H,29,31,36);4-5,7-8,10-14,21H,6,9,15H2,1-3H3,(H,28,31,35);1,3,5-8,15-16,35-36H,2,4,9-12H2,(H,28,30,37)/t2*21-;15-,16+/m000/s1. The van der Waals surface area contributed by atoms with Crippen molar-refractivity contribution in [1.29, 1.82) is 0 Å². The fourth-order valence-electron chi connectivity index (χ4n) is 14.9. The molecule has 0 aliphatic carbocycles.